The Labute approximate surface area is 131 Å². The van der Waals surface area contributed by atoms with Crippen molar-refractivity contribution in [1.29, 1.82) is 0 Å². The van der Waals surface area contributed by atoms with Crippen molar-refractivity contribution >= 4 is 16.3 Å². The zero-order valence-electron chi connectivity index (χ0n) is 13.4. The summed E-state index contributed by atoms with van der Waals surface area (Å²) in [6.45, 7) is 7.35. The van der Waals surface area contributed by atoms with E-state index in [-0.39, 0.29) is 0 Å². The molecule has 0 saturated heterocycles. The number of aromatic nitrogens is 2. The second-order valence-electron chi connectivity index (χ2n) is 6.23. The molecule has 0 atom stereocenters. The van der Waals surface area contributed by atoms with Gasteiger partial charge in [-0.3, -0.25) is 4.40 Å². The first-order valence-corrected chi connectivity index (χ1v) is 8.87. The van der Waals surface area contributed by atoms with Crippen LogP contribution < -0.4 is 5.32 Å². The van der Waals surface area contributed by atoms with Gasteiger partial charge in [0.15, 0.2) is 4.96 Å². The molecule has 1 N–H and O–H groups in total. The fourth-order valence-corrected chi connectivity index (χ4v) is 4.30. The summed E-state index contributed by atoms with van der Waals surface area (Å²) in [5, 5.41) is 5.77. The monoisotopic (exact) mass is 306 g/mol. The molecule has 4 nitrogen and oxygen atoms in total. The summed E-state index contributed by atoms with van der Waals surface area (Å²) in [7, 11) is 2.27. The van der Waals surface area contributed by atoms with Gasteiger partial charge in [-0.05, 0) is 33.7 Å². The molecule has 116 valence electrons. The number of hydrogen-bond donors (Lipinski definition) is 1. The smallest absolute Gasteiger partial charge is 0.194 e. The van der Waals surface area contributed by atoms with Crippen molar-refractivity contribution in [1.82, 2.24) is 19.6 Å². The molecule has 0 radical (unpaired) electrons. The topological polar surface area (TPSA) is 32.6 Å². The molecular weight excluding hydrogens is 280 g/mol. The number of likely N-dealkylation sites (N-methyl/N-ethyl adjacent to an activating group) is 1. The average molecular weight is 306 g/mol. The zero-order valence-corrected chi connectivity index (χ0v) is 14.2. The summed E-state index contributed by atoms with van der Waals surface area (Å²) in [5.74, 6) is 0. The second kappa shape index (κ2) is 6.46. The number of hydrogen-bond acceptors (Lipinski definition) is 4. The standard InChI is InChI=1S/C16H26N4S/c1-12-11-21-16-18-13(2)15(20(12)16)10-17-8-9-19(3)14-6-4-5-7-14/h11,14,17H,4-10H2,1-3H3. The normalized spacial score (nSPS) is 16.6. The van der Waals surface area contributed by atoms with Crippen LogP contribution in [0.15, 0.2) is 5.38 Å². The first kappa shape index (κ1) is 15.0. The molecule has 0 amide bonds. The fourth-order valence-electron chi connectivity index (χ4n) is 3.37. The number of nitrogens with zero attached hydrogens (tertiary/aromatic N) is 3. The Morgan fingerprint density at radius 3 is 2.90 bits per heavy atom. The van der Waals surface area contributed by atoms with Crippen molar-refractivity contribution in [2.24, 2.45) is 0 Å². The minimum absolute atomic E-state index is 0.814. The van der Waals surface area contributed by atoms with Crippen LogP contribution in [0.25, 0.3) is 4.96 Å². The number of rotatable bonds is 6. The van der Waals surface area contributed by atoms with Crippen molar-refractivity contribution in [3.63, 3.8) is 0 Å². The third kappa shape index (κ3) is 3.15. The molecule has 1 fully saturated rings. The summed E-state index contributed by atoms with van der Waals surface area (Å²) >= 11 is 1.73. The van der Waals surface area contributed by atoms with E-state index in [2.05, 4.69) is 45.9 Å². The van der Waals surface area contributed by atoms with Crippen molar-refractivity contribution in [2.75, 3.05) is 20.1 Å². The molecule has 0 aromatic carbocycles. The predicted octanol–water partition coefficient (Wildman–Crippen LogP) is 2.98. The molecule has 1 saturated carbocycles. The van der Waals surface area contributed by atoms with E-state index in [1.54, 1.807) is 11.3 Å². The van der Waals surface area contributed by atoms with Gasteiger partial charge in [0.25, 0.3) is 0 Å². The van der Waals surface area contributed by atoms with E-state index >= 15 is 0 Å². The molecule has 1 aliphatic carbocycles. The van der Waals surface area contributed by atoms with Crippen molar-refractivity contribution < 1.29 is 0 Å². The third-order valence-electron chi connectivity index (χ3n) is 4.71. The van der Waals surface area contributed by atoms with Gasteiger partial charge in [-0.25, -0.2) is 4.98 Å². The second-order valence-corrected chi connectivity index (χ2v) is 7.07. The van der Waals surface area contributed by atoms with Gasteiger partial charge in [-0.2, -0.15) is 0 Å². The van der Waals surface area contributed by atoms with E-state index in [1.807, 2.05) is 0 Å². The Balaban J connectivity index is 1.52. The molecule has 2 heterocycles. The Hall–Kier alpha value is -0.910. The highest BCUT2D eigenvalue weighted by Crippen LogP contribution is 2.22. The van der Waals surface area contributed by atoms with Crippen LogP contribution in [-0.4, -0.2) is 40.5 Å². The third-order valence-corrected chi connectivity index (χ3v) is 5.66. The molecule has 0 spiro atoms. The molecule has 5 heteroatoms. The predicted molar refractivity (Wildman–Crippen MR) is 89.1 cm³/mol. The zero-order chi connectivity index (χ0) is 14.8. The van der Waals surface area contributed by atoms with Gasteiger partial charge in [0.2, 0.25) is 0 Å². The van der Waals surface area contributed by atoms with Crippen LogP contribution in [0.3, 0.4) is 0 Å². The van der Waals surface area contributed by atoms with Gasteiger partial charge in [-0.1, -0.05) is 12.8 Å². The van der Waals surface area contributed by atoms with Gasteiger partial charge in [0.05, 0.1) is 11.4 Å². The number of aryl methyl sites for hydroxylation is 2. The number of nitrogens with one attached hydrogen (secondary N) is 1. The molecule has 0 aliphatic heterocycles. The van der Waals surface area contributed by atoms with Gasteiger partial charge in [0.1, 0.15) is 0 Å². The largest absolute Gasteiger partial charge is 0.310 e. The molecule has 2 aromatic heterocycles. The lowest BCUT2D eigenvalue weighted by Gasteiger charge is -2.24. The number of imidazole rings is 1. The quantitative estimate of drug-likeness (QED) is 0.833. The lowest BCUT2D eigenvalue weighted by atomic mass is 10.2. The summed E-state index contributed by atoms with van der Waals surface area (Å²) in [6, 6.07) is 0.814. The maximum absolute atomic E-state index is 4.64. The Kier molecular flexibility index (Phi) is 4.62. The lowest BCUT2D eigenvalue weighted by Crippen LogP contribution is -2.35. The van der Waals surface area contributed by atoms with Crippen molar-refractivity contribution in [3.05, 3.63) is 22.5 Å². The first-order valence-electron chi connectivity index (χ1n) is 8.00. The van der Waals surface area contributed by atoms with E-state index in [0.29, 0.717) is 0 Å². The average Bonchev–Trinajstić information content (AvgIpc) is 3.15. The van der Waals surface area contributed by atoms with Crippen LogP contribution in [0, 0.1) is 13.8 Å². The molecule has 2 aromatic rings. The molecule has 3 rings (SSSR count). The maximum atomic E-state index is 4.64. The molecule has 0 unspecified atom stereocenters. The van der Waals surface area contributed by atoms with Crippen LogP contribution in [0.5, 0.6) is 0 Å². The van der Waals surface area contributed by atoms with E-state index in [1.165, 1.54) is 37.1 Å². The van der Waals surface area contributed by atoms with Crippen LogP contribution in [0.2, 0.25) is 0 Å². The molecule has 21 heavy (non-hydrogen) atoms. The summed E-state index contributed by atoms with van der Waals surface area (Å²) < 4.78 is 2.29. The van der Waals surface area contributed by atoms with Crippen molar-refractivity contribution in [2.45, 2.75) is 52.1 Å². The minimum atomic E-state index is 0.814. The summed E-state index contributed by atoms with van der Waals surface area (Å²) in [4.78, 5) is 8.28. The van der Waals surface area contributed by atoms with Gasteiger partial charge >= 0.3 is 0 Å². The minimum Gasteiger partial charge on any atom is -0.310 e. The molecular formula is C16H26N4S. The van der Waals surface area contributed by atoms with Gasteiger partial charge in [-0.15, -0.1) is 11.3 Å². The highest BCUT2D eigenvalue weighted by atomic mass is 32.1. The van der Waals surface area contributed by atoms with E-state index < -0.39 is 0 Å². The van der Waals surface area contributed by atoms with E-state index in [0.717, 1.165) is 36.3 Å². The lowest BCUT2D eigenvalue weighted by molar-refractivity contribution is 0.245. The molecule has 0 bridgehead atoms. The van der Waals surface area contributed by atoms with Crippen LogP contribution >= 0.6 is 11.3 Å². The van der Waals surface area contributed by atoms with Crippen molar-refractivity contribution in [3.8, 4) is 0 Å². The highest BCUT2D eigenvalue weighted by molar-refractivity contribution is 7.15. The van der Waals surface area contributed by atoms with Crippen LogP contribution in [0.4, 0.5) is 0 Å². The highest BCUT2D eigenvalue weighted by Gasteiger charge is 2.19. The number of thiazole rings is 1. The van der Waals surface area contributed by atoms with E-state index in [9.17, 15) is 0 Å². The summed E-state index contributed by atoms with van der Waals surface area (Å²) in [5.41, 5.74) is 3.75. The summed E-state index contributed by atoms with van der Waals surface area (Å²) in [6.07, 6.45) is 5.58. The molecule has 1 aliphatic rings. The van der Waals surface area contributed by atoms with Crippen LogP contribution in [0.1, 0.15) is 42.8 Å². The van der Waals surface area contributed by atoms with Gasteiger partial charge in [0, 0.05) is 36.8 Å². The number of fused-ring (bicyclic) bond motifs is 1. The van der Waals surface area contributed by atoms with E-state index in [4.69, 9.17) is 0 Å². The Morgan fingerprint density at radius 1 is 1.38 bits per heavy atom. The maximum Gasteiger partial charge on any atom is 0.194 e. The Morgan fingerprint density at radius 2 is 2.14 bits per heavy atom. The SMILES string of the molecule is Cc1nc2scc(C)n2c1CNCCN(C)C1CCCC1. The fraction of sp³-hybridized carbons (Fsp3) is 0.688. The Bertz CT molecular complexity index is 595. The first-order chi connectivity index (χ1) is 10.2. The van der Waals surface area contributed by atoms with Crippen LogP contribution in [-0.2, 0) is 6.54 Å². The van der Waals surface area contributed by atoms with Gasteiger partial charge < -0.3 is 10.2 Å².